The number of sulfone groups is 1. The van der Waals surface area contributed by atoms with Crippen molar-refractivity contribution in [1.29, 1.82) is 0 Å². The minimum absolute atomic E-state index is 0.157. The van der Waals surface area contributed by atoms with Crippen molar-refractivity contribution in [3.63, 3.8) is 0 Å². The molecule has 4 nitrogen and oxygen atoms in total. The molecule has 0 heterocycles. The zero-order valence-corrected chi connectivity index (χ0v) is 13.3. The summed E-state index contributed by atoms with van der Waals surface area (Å²) in [6, 6.07) is 0. The van der Waals surface area contributed by atoms with Gasteiger partial charge < -0.3 is 10.0 Å². The molecule has 1 saturated carbocycles. The Bertz CT molecular complexity index is 352. The van der Waals surface area contributed by atoms with Gasteiger partial charge in [0.1, 0.15) is 9.84 Å². The first-order valence-electron chi connectivity index (χ1n) is 7.47. The van der Waals surface area contributed by atoms with Crippen LogP contribution in [0.15, 0.2) is 0 Å². The summed E-state index contributed by atoms with van der Waals surface area (Å²) in [5, 5.41) is 10.0. The van der Waals surface area contributed by atoms with Crippen LogP contribution < -0.4 is 0 Å². The molecule has 0 radical (unpaired) electrons. The Morgan fingerprint density at radius 1 is 1.26 bits per heavy atom. The highest BCUT2D eigenvalue weighted by Crippen LogP contribution is 2.31. The predicted molar refractivity (Wildman–Crippen MR) is 79.0 cm³/mol. The van der Waals surface area contributed by atoms with Gasteiger partial charge in [-0.15, -0.1) is 0 Å². The molecule has 0 aromatic carbocycles. The van der Waals surface area contributed by atoms with Gasteiger partial charge in [0.05, 0.1) is 11.4 Å². The Morgan fingerprint density at radius 3 is 2.42 bits per heavy atom. The summed E-state index contributed by atoms with van der Waals surface area (Å²) in [6.07, 6.45) is 5.00. The highest BCUT2D eigenvalue weighted by atomic mass is 32.2. The van der Waals surface area contributed by atoms with Crippen LogP contribution in [0.5, 0.6) is 0 Å². The number of aliphatic hydroxyl groups is 1. The lowest BCUT2D eigenvalue weighted by atomic mass is 9.84. The Labute approximate surface area is 118 Å². The van der Waals surface area contributed by atoms with E-state index in [1.165, 1.54) is 6.26 Å². The third kappa shape index (κ3) is 5.40. The first-order chi connectivity index (χ1) is 8.88. The van der Waals surface area contributed by atoms with Gasteiger partial charge in [0, 0.05) is 12.8 Å². The van der Waals surface area contributed by atoms with Crippen molar-refractivity contribution in [2.45, 2.75) is 57.3 Å². The first-order valence-corrected chi connectivity index (χ1v) is 9.43. The lowest BCUT2D eigenvalue weighted by Crippen LogP contribution is -2.35. The van der Waals surface area contributed by atoms with Crippen LogP contribution >= 0.6 is 0 Å². The Balaban J connectivity index is 2.46. The molecule has 3 unspecified atom stereocenters. The van der Waals surface area contributed by atoms with Gasteiger partial charge in [-0.3, -0.25) is 0 Å². The SMILES string of the molecule is CCN(CC)CCC(O)C1CCCC(S(C)(=O)=O)C1. The lowest BCUT2D eigenvalue weighted by molar-refractivity contribution is 0.0679. The molecular weight excluding hydrogens is 262 g/mol. The number of hydrogen-bond acceptors (Lipinski definition) is 4. The highest BCUT2D eigenvalue weighted by molar-refractivity contribution is 7.91. The summed E-state index contributed by atoms with van der Waals surface area (Å²) < 4.78 is 23.2. The van der Waals surface area contributed by atoms with Crippen LogP contribution in [-0.2, 0) is 9.84 Å². The van der Waals surface area contributed by atoms with Crippen molar-refractivity contribution in [3.8, 4) is 0 Å². The van der Waals surface area contributed by atoms with Crippen LogP contribution in [0, 0.1) is 5.92 Å². The number of nitrogens with zero attached hydrogens (tertiary/aromatic N) is 1. The molecule has 0 aromatic rings. The maximum absolute atomic E-state index is 11.6. The lowest BCUT2D eigenvalue weighted by Gasteiger charge is -2.32. The van der Waals surface area contributed by atoms with Crippen molar-refractivity contribution in [1.82, 2.24) is 4.90 Å². The third-order valence-corrected chi connectivity index (χ3v) is 6.09. The van der Waals surface area contributed by atoms with E-state index in [0.717, 1.165) is 45.3 Å². The Morgan fingerprint density at radius 2 is 1.89 bits per heavy atom. The Kier molecular flexibility index (Phi) is 6.77. The van der Waals surface area contributed by atoms with E-state index in [1.54, 1.807) is 0 Å². The van der Waals surface area contributed by atoms with Crippen LogP contribution in [0.25, 0.3) is 0 Å². The second-order valence-corrected chi connectivity index (χ2v) is 8.09. The summed E-state index contributed by atoms with van der Waals surface area (Å²) in [6.45, 7) is 7.14. The minimum atomic E-state index is -2.95. The minimum Gasteiger partial charge on any atom is -0.393 e. The summed E-state index contributed by atoms with van der Waals surface area (Å²) in [7, 11) is -2.95. The molecule has 114 valence electrons. The monoisotopic (exact) mass is 291 g/mol. The molecule has 0 bridgehead atoms. The van der Waals surface area contributed by atoms with Crippen molar-refractivity contribution < 1.29 is 13.5 Å². The average Bonchev–Trinajstić information content (AvgIpc) is 2.39. The molecule has 0 aromatic heterocycles. The van der Waals surface area contributed by atoms with Gasteiger partial charge in [0.25, 0.3) is 0 Å². The van der Waals surface area contributed by atoms with E-state index in [4.69, 9.17) is 0 Å². The second kappa shape index (κ2) is 7.60. The van der Waals surface area contributed by atoms with Gasteiger partial charge in [-0.1, -0.05) is 20.3 Å². The van der Waals surface area contributed by atoms with E-state index in [0.29, 0.717) is 6.42 Å². The molecule has 19 heavy (non-hydrogen) atoms. The number of rotatable bonds is 7. The average molecular weight is 291 g/mol. The van der Waals surface area contributed by atoms with Crippen molar-refractivity contribution in [2.75, 3.05) is 25.9 Å². The second-order valence-electron chi connectivity index (χ2n) is 5.76. The molecular formula is C14H29NO3S. The van der Waals surface area contributed by atoms with Gasteiger partial charge >= 0.3 is 0 Å². The van der Waals surface area contributed by atoms with Crippen LogP contribution in [0.3, 0.4) is 0 Å². The van der Waals surface area contributed by atoms with Gasteiger partial charge in [0.2, 0.25) is 0 Å². The molecule has 0 spiro atoms. The molecule has 3 atom stereocenters. The Hall–Kier alpha value is -0.130. The summed E-state index contributed by atoms with van der Waals surface area (Å²) in [5.74, 6) is 0.157. The van der Waals surface area contributed by atoms with Gasteiger partial charge in [-0.25, -0.2) is 8.42 Å². The third-order valence-electron chi connectivity index (χ3n) is 4.45. The van der Waals surface area contributed by atoms with Gasteiger partial charge in [-0.2, -0.15) is 0 Å². The summed E-state index contributed by atoms with van der Waals surface area (Å²) in [4.78, 5) is 2.29. The standard InChI is InChI=1S/C14H29NO3S/c1-4-15(5-2)10-9-14(16)12-7-6-8-13(11-12)19(3,17)18/h12-14,16H,4-11H2,1-3H3. The smallest absolute Gasteiger partial charge is 0.150 e. The molecule has 5 heteroatoms. The zero-order chi connectivity index (χ0) is 14.5. The topological polar surface area (TPSA) is 57.6 Å². The molecule has 1 fully saturated rings. The van der Waals surface area contributed by atoms with Crippen molar-refractivity contribution in [2.24, 2.45) is 5.92 Å². The predicted octanol–water partition coefficient (Wildman–Crippen LogP) is 1.68. The van der Waals surface area contributed by atoms with Crippen LogP contribution in [-0.4, -0.2) is 55.7 Å². The maximum Gasteiger partial charge on any atom is 0.150 e. The van der Waals surface area contributed by atoms with E-state index < -0.39 is 9.84 Å². The molecule has 0 amide bonds. The molecule has 0 saturated heterocycles. The van der Waals surface area contributed by atoms with Crippen molar-refractivity contribution >= 4 is 9.84 Å². The molecule has 1 rings (SSSR count). The first kappa shape index (κ1) is 16.9. The largest absolute Gasteiger partial charge is 0.393 e. The molecule has 0 aliphatic heterocycles. The van der Waals surface area contributed by atoms with Crippen LogP contribution in [0.2, 0.25) is 0 Å². The normalized spacial score (nSPS) is 26.6. The van der Waals surface area contributed by atoms with Crippen molar-refractivity contribution in [3.05, 3.63) is 0 Å². The van der Waals surface area contributed by atoms with E-state index >= 15 is 0 Å². The van der Waals surface area contributed by atoms with E-state index in [1.807, 2.05) is 0 Å². The van der Waals surface area contributed by atoms with E-state index in [2.05, 4.69) is 18.7 Å². The molecule has 1 N–H and O–H groups in total. The van der Waals surface area contributed by atoms with Crippen LogP contribution in [0.1, 0.15) is 46.0 Å². The highest BCUT2D eigenvalue weighted by Gasteiger charge is 2.32. The van der Waals surface area contributed by atoms with E-state index in [-0.39, 0.29) is 17.3 Å². The fourth-order valence-corrected chi connectivity index (χ4v) is 4.20. The summed E-state index contributed by atoms with van der Waals surface area (Å²) in [5.41, 5.74) is 0. The number of hydrogen-bond donors (Lipinski definition) is 1. The fourth-order valence-electron chi connectivity index (χ4n) is 3.01. The quantitative estimate of drug-likeness (QED) is 0.775. The number of aliphatic hydroxyl groups excluding tert-OH is 1. The fraction of sp³-hybridized carbons (Fsp3) is 1.00. The zero-order valence-electron chi connectivity index (χ0n) is 12.5. The van der Waals surface area contributed by atoms with Gasteiger partial charge in [0.15, 0.2) is 0 Å². The van der Waals surface area contributed by atoms with Crippen LogP contribution in [0.4, 0.5) is 0 Å². The molecule has 1 aliphatic rings. The maximum atomic E-state index is 11.6. The summed E-state index contributed by atoms with van der Waals surface area (Å²) >= 11 is 0. The molecule has 1 aliphatic carbocycles. The van der Waals surface area contributed by atoms with Gasteiger partial charge in [-0.05, 0) is 44.7 Å². The van der Waals surface area contributed by atoms with E-state index in [9.17, 15) is 13.5 Å².